The van der Waals surface area contributed by atoms with Gasteiger partial charge in [0.1, 0.15) is 10.7 Å². The van der Waals surface area contributed by atoms with E-state index in [0.29, 0.717) is 5.56 Å². The Hall–Kier alpha value is -3.52. The van der Waals surface area contributed by atoms with Crippen molar-refractivity contribution in [1.29, 1.82) is 0 Å². The lowest BCUT2D eigenvalue weighted by Crippen LogP contribution is -2.48. The van der Waals surface area contributed by atoms with Crippen LogP contribution in [-0.4, -0.2) is 23.7 Å². The molecule has 3 aromatic rings. The molecular weight excluding hydrogens is 393 g/mol. The van der Waals surface area contributed by atoms with E-state index in [2.05, 4.69) is 11.6 Å². The van der Waals surface area contributed by atoms with Gasteiger partial charge in [0.05, 0.1) is 12.2 Å². The lowest BCUT2D eigenvalue weighted by atomic mass is 10.1. The summed E-state index contributed by atoms with van der Waals surface area (Å²) in [7, 11) is -4.13. The van der Waals surface area contributed by atoms with Gasteiger partial charge in [-0.15, -0.1) is 0 Å². The Morgan fingerprint density at radius 2 is 1.83 bits per heavy atom. The van der Waals surface area contributed by atoms with Crippen LogP contribution in [-0.2, 0) is 16.6 Å². The number of hydrogen-bond donors (Lipinski definition) is 0. The van der Waals surface area contributed by atoms with Gasteiger partial charge in [-0.2, -0.15) is 0 Å². The summed E-state index contributed by atoms with van der Waals surface area (Å²) in [4.78, 5) is 18.3. The first-order chi connectivity index (χ1) is 13.9. The Morgan fingerprint density at radius 3 is 2.52 bits per heavy atom. The Morgan fingerprint density at radius 1 is 1.07 bits per heavy atom. The normalized spacial score (nSPS) is 15.1. The van der Waals surface area contributed by atoms with Gasteiger partial charge in [0.2, 0.25) is 0 Å². The lowest BCUT2D eigenvalue weighted by molar-refractivity contribution is 0.229. The number of halogens is 1. The van der Waals surface area contributed by atoms with Crippen molar-refractivity contribution >= 4 is 33.6 Å². The molecule has 0 spiro atoms. The highest BCUT2D eigenvalue weighted by Gasteiger charge is 2.43. The van der Waals surface area contributed by atoms with Crippen LogP contribution < -0.4 is 4.90 Å². The third-order valence-electron chi connectivity index (χ3n) is 4.54. The molecule has 0 aliphatic carbocycles. The van der Waals surface area contributed by atoms with E-state index in [0.717, 1.165) is 20.8 Å². The van der Waals surface area contributed by atoms with Gasteiger partial charge in [-0.3, -0.25) is 0 Å². The van der Waals surface area contributed by atoms with Crippen molar-refractivity contribution in [2.24, 2.45) is 0 Å². The minimum Gasteiger partial charge on any atom is -0.246 e. The minimum absolute atomic E-state index is 0.0543. The number of nitrogens with zero attached hydrogens (tertiary/aromatic N) is 3. The van der Waals surface area contributed by atoms with E-state index in [-0.39, 0.29) is 22.9 Å². The van der Waals surface area contributed by atoms with Crippen molar-refractivity contribution in [3.63, 3.8) is 0 Å². The van der Waals surface area contributed by atoms with E-state index in [9.17, 15) is 17.6 Å². The van der Waals surface area contributed by atoms with E-state index >= 15 is 0 Å². The molecule has 0 unspecified atom stereocenters. The number of sulfonamides is 1. The summed E-state index contributed by atoms with van der Waals surface area (Å²) in [6, 6.07) is 14.4. The highest BCUT2D eigenvalue weighted by atomic mass is 32.2. The van der Waals surface area contributed by atoms with E-state index < -0.39 is 21.9 Å². The number of rotatable bonds is 4. The van der Waals surface area contributed by atoms with Crippen molar-refractivity contribution in [3.05, 3.63) is 90.4 Å². The first-order valence-corrected chi connectivity index (χ1v) is 10.1. The molecule has 0 N–H and O–H groups in total. The largest absolute Gasteiger partial charge is 0.344 e. The molecule has 29 heavy (non-hydrogen) atoms. The average Bonchev–Trinajstić information content (AvgIpc) is 2.72. The topological polar surface area (TPSA) is 70.6 Å². The van der Waals surface area contributed by atoms with Gasteiger partial charge in [0, 0.05) is 6.20 Å². The van der Waals surface area contributed by atoms with E-state index in [1.165, 1.54) is 36.5 Å². The molecule has 2 amide bonds. The molecular formula is C21H16FN3O3S. The second-order valence-electron chi connectivity index (χ2n) is 6.38. The van der Waals surface area contributed by atoms with Gasteiger partial charge in [-0.1, -0.05) is 43.0 Å². The Bertz CT molecular complexity index is 1210. The number of benzene rings is 2. The SMILES string of the molecule is C=Cc1ccc(CN2C(=O)N(c3cccc(F)c3)c3ncccc3S2(=O)=O)cc1. The van der Waals surface area contributed by atoms with Gasteiger partial charge in [-0.05, 0) is 41.5 Å². The van der Waals surface area contributed by atoms with Crippen LogP contribution in [0.25, 0.3) is 6.08 Å². The van der Waals surface area contributed by atoms with Crippen LogP contribution in [0.1, 0.15) is 11.1 Å². The van der Waals surface area contributed by atoms with E-state index in [1.807, 2.05) is 0 Å². The van der Waals surface area contributed by atoms with Gasteiger partial charge in [-0.25, -0.2) is 31.8 Å². The van der Waals surface area contributed by atoms with Crippen molar-refractivity contribution in [2.45, 2.75) is 11.4 Å². The molecule has 0 atom stereocenters. The van der Waals surface area contributed by atoms with Crippen LogP contribution in [0.5, 0.6) is 0 Å². The van der Waals surface area contributed by atoms with Crippen molar-refractivity contribution in [2.75, 3.05) is 4.90 Å². The molecule has 1 aromatic heterocycles. The third kappa shape index (κ3) is 3.27. The van der Waals surface area contributed by atoms with Gasteiger partial charge in [0.25, 0.3) is 10.0 Å². The summed E-state index contributed by atoms with van der Waals surface area (Å²) in [5.41, 5.74) is 1.69. The molecule has 1 aliphatic rings. The monoisotopic (exact) mass is 409 g/mol. The standard InChI is InChI=1S/C21H16FN3O3S/c1-2-15-8-10-16(11-9-15)14-24-21(26)25(18-6-3-5-17(22)13-18)20-19(29(24,27)28)7-4-12-23-20/h2-13H,1,14H2. The first kappa shape index (κ1) is 18.8. The fraction of sp³-hybridized carbons (Fsp3) is 0.0476. The zero-order valence-electron chi connectivity index (χ0n) is 15.2. The van der Waals surface area contributed by atoms with E-state index in [1.54, 1.807) is 30.3 Å². The number of carbonyl (C=O) groups excluding carboxylic acids is 1. The number of aromatic nitrogens is 1. The molecule has 2 aromatic carbocycles. The number of amides is 2. The number of hydrogen-bond acceptors (Lipinski definition) is 4. The second-order valence-corrected chi connectivity index (χ2v) is 8.21. The van der Waals surface area contributed by atoms with Gasteiger partial charge < -0.3 is 0 Å². The molecule has 2 heterocycles. The highest BCUT2D eigenvalue weighted by Crippen LogP contribution is 2.38. The number of urea groups is 1. The maximum Gasteiger partial charge on any atom is 0.344 e. The van der Waals surface area contributed by atoms with Crippen molar-refractivity contribution in [3.8, 4) is 0 Å². The maximum atomic E-state index is 13.8. The summed E-state index contributed by atoms with van der Waals surface area (Å²) in [5, 5.41) is 0. The summed E-state index contributed by atoms with van der Waals surface area (Å²) in [6.07, 6.45) is 3.05. The zero-order chi connectivity index (χ0) is 20.6. The quantitative estimate of drug-likeness (QED) is 0.643. The summed E-state index contributed by atoms with van der Waals surface area (Å²) in [5.74, 6) is -0.603. The number of fused-ring (bicyclic) bond motifs is 1. The minimum atomic E-state index is -4.13. The first-order valence-electron chi connectivity index (χ1n) is 8.70. The summed E-state index contributed by atoms with van der Waals surface area (Å²) in [6.45, 7) is 3.51. The molecule has 146 valence electrons. The fourth-order valence-corrected chi connectivity index (χ4v) is 4.57. The number of anilines is 2. The molecule has 4 rings (SSSR count). The highest BCUT2D eigenvalue weighted by molar-refractivity contribution is 7.90. The molecule has 0 radical (unpaired) electrons. The Labute approximate surface area is 167 Å². The Kier molecular flexibility index (Phi) is 4.63. The van der Waals surface area contributed by atoms with Crippen LogP contribution in [0.4, 0.5) is 20.7 Å². The smallest absolute Gasteiger partial charge is 0.246 e. The average molecular weight is 409 g/mol. The Balaban J connectivity index is 1.84. The number of pyridine rings is 1. The fourth-order valence-electron chi connectivity index (χ4n) is 3.10. The molecule has 0 bridgehead atoms. The van der Waals surface area contributed by atoms with Gasteiger partial charge in [0.15, 0.2) is 5.82 Å². The summed E-state index contributed by atoms with van der Waals surface area (Å²) < 4.78 is 40.8. The zero-order valence-corrected chi connectivity index (χ0v) is 16.0. The lowest BCUT2D eigenvalue weighted by Gasteiger charge is -2.35. The van der Waals surface area contributed by atoms with E-state index in [4.69, 9.17) is 0 Å². The summed E-state index contributed by atoms with van der Waals surface area (Å²) >= 11 is 0. The second kappa shape index (κ2) is 7.14. The molecule has 0 fully saturated rings. The van der Waals surface area contributed by atoms with Crippen LogP contribution in [0.3, 0.4) is 0 Å². The number of carbonyl (C=O) groups is 1. The predicted molar refractivity (Wildman–Crippen MR) is 107 cm³/mol. The molecule has 8 heteroatoms. The van der Waals surface area contributed by atoms with Crippen molar-refractivity contribution < 1.29 is 17.6 Å². The van der Waals surface area contributed by atoms with Crippen LogP contribution in [0.2, 0.25) is 0 Å². The third-order valence-corrected chi connectivity index (χ3v) is 6.28. The van der Waals surface area contributed by atoms with Gasteiger partial charge >= 0.3 is 6.03 Å². The molecule has 0 saturated heterocycles. The molecule has 1 aliphatic heterocycles. The van der Waals surface area contributed by atoms with Crippen LogP contribution >= 0.6 is 0 Å². The predicted octanol–water partition coefficient (Wildman–Crippen LogP) is 4.33. The molecule has 0 saturated carbocycles. The van der Waals surface area contributed by atoms with Crippen LogP contribution in [0, 0.1) is 5.82 Å². The van der Waals surface area contributed by atoms with Crippen LogP contribution in [0.15, 0.2) is 78.3 Å². The molecule has 6 nitrogen and oxygen atoms in total. The van der Waals surface area contributed by atoms with Crippen molar-refractivity contribution in [1.82, 2.24) is 9.29 Å². The maximum absolute atomic E-state index is 13.8.